The third-order valence-electron chi connectivity index (χ3n) is 15.8. The molecule has 0 aromatic heterocycles. The Morgan fingerprint density at radius 2 is 0.439 bits per heavy atom. The lowest BCUT2D eigenvalue weighted by Crippen LogP contribution is -2.10. The molecule has 0 unspecified atom stereocenters. The van der Waals surface area contributed by atoms with Crippen LogP contribution in [0.25, 0.3) is 11.1 Å². The van der Waals surface area contributed by atoms with Gasteiger partial charge >= 0.3 is 11.9 Å². The van der Waals surface area contributed by atoms with Crippen LogP contribution in [0.15, 0.2) is 84.9 Å². The van der Waals surface area contributed by atoms with Crippen molar-refractivity contribution in [1.29, 1.82) is 0 Å². The Morgan fingerprint density at radius 1 is 0.244 bits per heavy atom. The Morgan fingerprint density at radius 3 is 0.646 bits per heavy atom. The zero-order valence-electron chi connectivity index (χ0n) is 52.5. The van der Waals surface area contributed by atoms with Gasteiger partial charge in [0.15, 0.2) is 0 Å². The van der Waals surface area contributed by atoms with E-state index in [1.165, 1.54) is 205 Å². The molecule has 0 amide bonds. The van der Waals surface area contributed by atoms with Crippen molar-refractivity contribution >= 4 is 11.9 Å². The van der Waals surface area contributed by atoms with E-state index < -0.39 is 11.9 Å². The highest BCUT2D eigenvalue weighted by Gasteiger charge is 2.16. The molecule has 0 N–H and O–H groups in total. The number of rotatable bonds is 53. The molecular weight excluding hydrogens is 1020 g/mol. The molecule has 82 heavy (non-hydrogen) atoms. The third-order valence-corrected chi connectivity index (χ3v) is 15.8. The minimum Gasteiger partial charge on any atom is -0.493 e. The average molecular weight is 1130 g/mol. The molecule has 458 valence electrons. The number of hydrogen-bond donors (Lipinski definition) is 0. The number of ether oxygens (including phenoxy) is 6. The van der Waals surface area contributed by atoms with Crippen LogP contribution in [0.1, 0.15) is 305 Å². The van der Waals surface area contributed by atoms with Gasteiger partial charge in [-0.25, -0.2) is 9.59 Å². The van der Waals surface area contributed by atoms with Crippen LogP contribution in [-0.2, 0) is 0 Å². The minimum atomic E-state index is -0.467. The lowest BCUT2D eigenvalue weighted by molar-refractivity contribution is 0.0724. The molecule has 0 fully saturated rings. The van der Waals surface area contributed by atoms with Gasteiger partial charge in [-0.1, -0.05) is 283 Å². The van der Waals surface area contributed by atoms with Crippen molar-refractivity contribution in [3.63, 3.8) is 0 Å². The highest BCUT2D eigenvalue weighted by molar-refractivity contribution is 5.93. The fourth-order valence-electron chi connectivity index (χ4n) is 10.6. The van der Waals surface area contributed by atoms with E-state index in [1.54, 1.807) is 48.5 Å². The van der Waals surface area contributed by atoms with Gasteiger partial charge in [-0.3, -0.25) is 0 Å². The molecule has 0 aliphatic carbocycles. The van der Waals surface area contributed by atoms with E-state index >= 15 is 0 Å². The third kappa shape index (κ3) is 33.3. The van der Waals surface area contributed by atoms with Gasteiger partial charge in [0.2, 0.25) is 0 Å². The zero-order valence-corrected chi connectivity index (χ0v) is 52.5. The molecule has 8 heteroatoms. The van der Waals surface area contributed by atoms with E-state index in [2.05, 4.69) is 27.7 Å². The van der Waals surface area contributed by atoms with Crippen molar-refractivity contribution in [3.8, 4) is 45.6 Å². The van der Waals surface area contributed by atoms with Crippen LogP contribution in [0.5, 0.6) is 34.5 Å². The Bertz CT molecular complexity index is 1940. The predicted molar refractivity (Wildman–Crippen MR) is 344 cm³/mol. The number of esters is 2. The first kappa shape index (κ1) is 69.5. The minimum absolute atomic E-state index is 0.393. The summed E-state index contributed by atoms with van der Waals surface area (Å²) in [5.41, 5.74) is 2.65. The Kier molecular flexibility index (Phi) is 40.2. The normalized spacial score (nSPS) is 11.2. The van der Waals surface area contributed by atoms with Gasteiger partial charge in [0.1, 0.15) is 34.5 Å². The van der Waals surface area contributed by atoms with Gasteiger partial charge in [0.25, 0.3) is 0 Å². The molecule has 0 bridgehead atoms. The van der Waals surface area contributed by atoms with E-state index in [4.69, 9.17) is 28.4 Å². The van der Waals surface area contributed by atoms with E-state index in [-0.39, 0.29) is 0 Å². The molecule has 0 aliphatic heterocycles. The predicted octanol–water partition coefficient (Wildman–Crippen LogP) is 23.0. The first-order valence-electron chi connectivity index (χ1n) is 33.9. The summed E-state index contributed by atoms with van der Waals surface area (Å²) >= 11 is 0. The lowest BCUT2D eigenvalue weighted by Gasteiger charge is -2.13. The Labute approximate surface area is 500 Å². The molecule has 4 aromatic rings. The SMILES string of the molecule is CCCCCCCCCCCCOc1cc(OCCCCCCCCCCCC)cc(C(=O)Oc2ccc(-c3ccc(OC(=O)c4cc(OCCCCCCCCCCCC)cc(OCCCCCCCCCCCC)c4)cc3)cc2)c1. The fourth-order valence-corrected chi connectivity index (χ4v) is 10.6. The molecule has 0 heterocycles. The smallest absolute Gasteiger partial charge is 0.343 e. The molecule has 0 spiro atoms. The maximum Gasteiger partial charge on any atom is 0.343 e. The summed E-state index contributed by atoms with van der Waals surface area (Å²) in [4.78, 5) is 27.5. The van der Waals surface area contributed by atoms with E-state index in [0.717, 1.165) is 62.5 Å². The van der Waals surface area contributed by atoms with Crippen LogP contribution in [0.3, 0.4) is 0 Å². The van der Waals surface area contributed by atoms with E-state index in [1.807, 2.05) is 36.4 Å². The second kappa shape index (κ2) is 47.4. The summed E-state index contributed by atoms with van der Waals surface area (Å²) in [6.45, 7) is 11.4. The molecule has 0 aliphatic rings. The largest absolute Gasteiger partial charge is 0.493 e. The van der Waals surface area contributed by atoms with Crippen LogP contribution in [0.4, 0.5) is 0 Å². The van der Waals surface area contributed by atoms with Crippen LogP contribution in [0, 0.1) is 0 Å². The summed E-state index contributed by atoms with van der Waals surface area (Å²) in [7, 11) is 0. The van der Waals surface area contributed by atoms with Gasteiger partial charge in [0, 0.05) is 12.1 Å². The van der Waals surface area contributed by atoms with Crippen LogP contribution >= 0.6 is 0 Å². The van der Waals surface area contributed by atoms with Gasteiger partial charge in [-0.2, -0.15) is 0 Å². The molecule has 0 atom stereocenters. The number of carbonyl (C=O) groups excluding carboxylic acids is 2. The van der Waals surface area contributed by atoms with Crippen molar-refractivity contribution < 1.29 is 38.0 Å². The Balaban J connectivity index is 1.31. The quantitative estimate of drug-likeness (QED) is 0.0245. The fraction of sp³-hybridized carbons (Fsp3) is 0.649. The summed E-state index contributed by atoms with van der Waals surface area (Å²) in [5.74, 6) is 2.43. The first-order valence-corrected chi connectivity index (χ1v) is 33.9. The molecule has 8 nitrogen and oxygen atoms in total. The van der Waals surface area contributed by atoms with Crippen molar-refractivity contribution in [2.75, 3.05) is 26.4 Å². The maximum atomic E-state index is 13.7. The molecular formula is C74H114O8. The van der Waals surface area contributed by atoms with Gasteiger partial charge in [0.05, 0.1) is 37.6 Å². The van der Waals surface area contributed by atoms with Crippen molar-refractivity contribution in [2.24, 2.45) is 0 Å². The number of hydrogen-bond acceptors (Lipinski definition) is 8. The van der Waals surface area contributed by atoms with Crippen LogP contribution in [-0.4, -0.2) is 38.4 Å². The standard InChI is InChI=1S/C74H114O8/c1-5-9-13-17-21-25-29-33-37-41-53-77-69-57-65(58-70(61-69)78-54-42-38-34-30-26-22-18-14-10-6-2)73(75)81-67-49-45-63(46-50-67)64-47-51-68(52-48-64)82-74(76)66-59-71(79-55-43-39-35-31-27-23-19-15-11-7-3)62-72(60-66)80-56-44-40-36-32-28-24-20-16-12-8-4/h45-52,57-62H,5-44,53-56H2,1-4H3. The van der Waals surface area contributed by atoms with Crippen molar-refractivity contribution in [1.82, 2.24) is 0 Å². The van der Waals surface area contributed by atoms with Crippen molar-refractivity contribution in [2.45, 2.75) is 285 Å². The number of unbranched alkanes of at least 4 members (excludes halogenated alkanes) is 36. The number of benzene rings is 4. The van der Waals surface area contributed by atoms with E-state index in [9.17, 15) is 9.59 Å². The van der Waals surface area contributed by atoms with Gasteiger partial charge < -0.3 is 28.4 Å². The summed E-state index contributed by atoms with van der Waals surface area (Å²) in [6, 6.07) is 25.8. The Hall–Kier alpha value is -4.98. The summed E-state index contributed by atoms with van der Waals surface area (Å²) < 4.78 is 36.8. The molecule has 0 saturated carbocycles. The first-order chi connectivity index (χ1) is 40.4. The average Bonchev–Trinajstić information content (AvgIpc) is 3.54. The summed E-state index contributed by atoms with van der Waals surface area (Å²) in [6.07, 6.45) is 50.4. The van der Waals surface area contributed by atoms with Crippen LogP contribution < -0.4 is 28.4 Å². The maximum absolute atomic E-state index is 13.7. The van der Waals surface area contributed by atoms with E-state index in [0.29, 0.717) is 72.1 Å². The molecule has 4 rings (SSSR count). The molecule has 4 aromatic carbocycles. The van der Waals surface area contributed by atoms with Crippen LogP contribution in [0.2, 0.25) is 0 Å². The molecule has 0 radical (unpaired) electrons. The second-order valence-electron chi connectivity index (χ2n) is 23.3. The lowest BCUT2D eigenvalue weighted by atomic mass is 10.1. The molecule has 0 saturated heterocycles. The summed E-state index contributed by atoms with van der Waals surface area (Å²) in [5, 5.41) is 0. The highest BCUT2D eigenvalue weighted by Crippen LogP contribution is 2.30. The zero-order chi connectivity index (χ0) is 58.2. The highest BCUT2D eigenvalue weighted by atomic mass is 16.5. The van der Waals surface area contributed by atoms with Crippen molar-refractivity contribution in [3.05, 3.63) is 96.1 Å². The van der Waals surface area contributed by atoms with Gasteiger partial charge in [-0.15, -0.1) is 0 Å². The topological polar surface area (TPSA) is 89.5 Å². The monoisotopic (exact) mass is 1130 g/mol. The second-order valence-corrected chi connectivity index (χ2v) is 23.3. The number of carbonyl (C=O) groups is 2. The van der Waals surface area contributed by atoms with Gasteiger partial charge in [-0.05, 0) is 85.3 Å².